The van der Waals surface area contributed by atoms with Gasteiger partial charge in [-0.15, -0.1) is 0 Å². The van der Waals surface area contributed by atoms with E-state index in [-0.39, 0.29) is 108 Å². The average molecular weight is 1610 g/mol. The van der Waals surface area contributed by atoms with Crippen molar-refractivity contribution >= 4 is 71.6 Å². The maximum atomic E-state index is 12.1. The Morgan fingerprint density at radius 1 is 0.354 bits per heavy atom. The van der Waals surface area contributed by atoms with Crippen molar-refractivity contribution < 1.29 is 116 Å². The molecule has 12 heterocycles. The Labute approximate surface area is 657 Å². The number of likely N-dealkylation sites (N-methyl/N-ethyl adjacent to an activating group) is 3. The second-order valence-electron chi connectivity index (χ2n) is 29.0. The van der Waals surface area contributed by atoms with Crippen LogP contribution in [0, 0.1) is 5.92 Å². The molecule has 12 aliphatic heterocycles. The summed E-state index contributed by atoms with van der Waals surface area (Å²) in [6, 6.07) is -3.91. The summed E-state index contributed by atoms with van der Waals surface area (Å²) in [5.74, 6) is -1.02. The van der Waals surface area contributed by atoms with Crippen molar-refractivity contribution in [3.63, 3.8) is 0 Å². The van der Waals surface area contributed by atoms with Gasteiger partial charge in [0, 0.05) is 58.9 Å². The van der Waals surface area contributed by atoms with E-state index >= 15 is 0 Å². The molecule has 13 aliphatic rings. The molecule has 1 aliphatic carbocycles. The van der Waals surface area contributed by atoms with Crippen molar-refractivity contribution in [3.8, 4) is 0 Å². The van der Waals surface area contributed by atoms with Gasteiger partial charge in [0.1, 0.15) is 36.3 Å². The molecule has 45 heteroatoms. The van der Waals surface area contributed by atoms with Gasteiger partial charge in [0.15, 0.2) is 0 Å². The van der Waals surface area contributed by atoms with Gasteiger partial charge < -0.3 is 44.5 Å². The molecule has 12 saturated heterocycles. The minimum absolute atomic E-state index is 0.0469. The first-order chi connectivity index (χ1) is 54.4. The van der Waals surface area contributed by atoms with Gasteiger partial charge in [-0.2, -0.15) is 30.4 Å². The SMILES string of the molecule is CCN(C)CCONC(=O)[C@@H]1CC[C@@H]2CN1C(=O)N2OC.CCONC(=O)[C@@H]1CC[C@@H]2CN1C(=O)N2OC.CNCCONC(=O)[C@@H]1CC[C@@H]2CN1C(=O)N2OC.CON1C(=O)N2C[C@H]1CC[C@H]2C(=O)NOCC1CCC1.CON1C(=O)N2C[C@H]1CC[C@H]2C(=O)NOCCN(C)C.CONC(=O)[C@@H]1CC[C@@H]2CN1C(=O)N2OC. The molecule has 45 nitrogen and oxygen atoms in total. The van der Waals surface area contributed by atoms with Gasteiger partial charge in [-0.1, -0.05) is 13.3 Å². The van der Waals surface area contributed by atoms with Gasteiger partial charge in [0.2, 0.25) is 0 Å². The minimum atomic E-state index is -0.474. The molecule has 113 heavy (non-hydrogen) atoms. The van der Waals surface area contributed by atoms with E-state index in [2.05, 4.69) is 54.9 Å². The molecule has 12 bridgehead atoms. The van der Waals surface area contributed by atoms with Gasteiger partial charge in [-0.25, -0.2) is 61.6 Å². The lowest BCUT2D eigenvalue weighted by Crippen LogP contribution is -2.50. The number of carbonyl (C=O) groups excluding carboxylic acids is 12. The monoisotopic (exact) mass is 1610 g/mol. The molecule has 640 valence electrons. The Hall–Kier alpha value is -8.16. The van der Waals surface area contributed by atoms with E-state index in [9.17, 15) is 57.5 Å². The lowest BCUT2D eigenvalue weighted by Gasteiger charge is -2.29. The quantitative estimate of drug-likeness (QED) is 0.0303. The zero-order valence-corrected chi connectivity index (χ0v) is 67.3. The Bertz CT molecular complexity index is 3190. The number of piperidine rings is 6. The highest BCUT2D eigenvalue weighted by Crippen LogP contribution is 2.36. The Morgan fingerprint density at radius 3 is 0.858 bits per heavy atom. The third-order valence-corrected chi connectivity index (χ3v) is 21.9. The summed E-state index contributed by atoms with van der Waals surface area (Å²) in [6.45, 7) is 12.3. The fourth-order valence-corrected chi connectivity index (χ4v) is 15.5. The van der Waals surface area contributed by atoms with Gasteiger partial charge in [0.05, 0.1) is 119 Å². The van der Waals surface area contributed by atoms with E-state index < -0.39 is 36.3 Å². The van der Waals surface area contributed by atoms with Crippen molar-refractivity contribution in [2.45, 2.75) is 183 Å². The maximum absolute atomic E-state index is 12.1. The second kappa shape index (κ2) is 44.1. The highest BCUT2D eigenvalue weighted by atomic mass is 16.7. The van der Waals surface area contributed by atoms with Crippen LogP contribution in [0.15, 0.2) is 0 Å². The van der Waals surface area contributed by atoms with Crippen LogP contribution in [0.4, 0.5) is 28.8 Å². The molecular formula is C68H119N21O24. The number of nitrogens with one attached hydrogen (secondary N) is 7. The lowest BCUT2D eigenvalue weighted by molar-refractivity contribution is -0.141. The number of carbonyl (C=O) groups is 12. The standard InChI is InChI=1S/C13H24N4O4.C13H21N3O4.C12H22N4O4.C11H20N4O4.C10H17N3O4.C9H15N3O4/c1-4-15(2)7-8-21-14-12(18)11-6-5-10-9-16(11)13(19)17(10)20-3;1-19-16-10-5-6-11(15(7-10)13(16)18)12(17)14-20-8-9-3-2-4-9;1-14(2)6-7-20-13-11(17)10-5-4-9-8-15(10)12(18)16(9)19-3;1-12-5-6-19-13-10(16)9-4-3-8-7-14(9)11(17)15(8)18-2;1-3-17-11-9(14)8-5-4-7-6-12(8)10(15)13(7)16-2;1-15-10-8(13)7-4-3-6-5-11(7)9(14)12(6)16-2/h10-11H,4-9H2,1-3H3,(H,14,18);9-11H,2-8H2,1H3,(H,14,17);9-10H,4-8H2,1-3H3,(H,13,17);8-9,12H,3-7H2,1-2H3,(H,13,16);7-8H,3-6H2,1-2H3,(H,11,14);6-7H,3-5H2,1-2H3,(H,10,13)/t2*10-,11+;9-,10+;8-,9+;7-,8+;6-,7+/m111111/s1. The van der Waals surface area contributed by atoms with Crippen molar-refractivity contribution in [1.82, 2.24) is 108 Å². The Morgan fingerprint density at radius 2 is 0.619 bits per heavy atom. The first-order valence-electron chi connectivity index (χ1n) is 38.6. The molecule has 18 amide bonds. The van der Waals surface area contributed by atoms with Crippen molar-refractivity contribution in [2.24, 2.45) is 5.92 Å². The number of hydrogen-bond donors (Lipinski definition) is 7. The fourth-order valence-electron chi connectivity index (χ4n) is 15.5. The van der Waals surface area contributed by atoms with Crippen molar-refractivity contribution in [2.75, 3.05) is 176 Å². The molecule has 7 N–H and O–H groups in total. The largest absolute Gasteiger partial charge is 0.345 e. The molecule has 13 fully saturated rings. The first-order valence-corrected chi connectivity index (χ1v) is 38.6. The predicted molar refractivity (Wildman–Crippen MR) is 391 cm³/mol. The first kappa shape index (κ1) is 90.4. The van der Waals surface area contributed by atoms with Crippen LogP contribution in [-0.2, 0) is 86.8 Å². The number of amides is 18. The van der Waals surface area contributed by atoms with E-state index in [1.807, 2.05) is 26.0 Å². The molecule has 0 aromatic rings. The topological polar surface area (TPSA) is 445 Å². The van der Waals surface area contributed by atoms with Crippen LogP contribution in [0.1, 0.15) is 110 Å². The third kappa shape index (κ3) is 22.5. The third-order valence-electron chi connectivity index (χ3n) is 21.9. The van der Waals surface area contributed by atoms with Gasteiger partial charge >= 0.3 is 36.2 Å². The van der Waals surface area contributed by atoms with Crippen molar-refractivity contribution in [1.29, 1.82) is 0 Å². The number of hydrogen-bond acceptors (Lipinski definition) is 27. The minimum Gasteiger partial charge on any atom is -0.317 e. The summed E-state index contributed by atoms with van der Waals surface area (Å²) in [5.41, 5.74) is 14.4. The molecular weight excluding hydrogens is 1490 g/mol. The van der Waals surface area contributed by atoms with Crippen LogP contribution >= 0.6 is 0 Å². The summed E-state index contributed by atoms with van der Waals surface area (Å²) in [7, 11) is 17.8. The molecule has 0 radical (unpaired) electrons. The van der Waals surface area contributed by atoms with E-state index in [1.165, 1.54) is 114 Å². The summed E-state index contributed by atoms with van der Waals surface area (Å²) < 4.78 is 0. The van der Waals surface area contributed by atoms with E-state index in [0.29, 0.717) is 130 Å². The molecule has 0 unspecified atom stereocenters. The summed E-state index contributed by atoms with van der Waals surface area (Å²) >= 11 is 0. The van der Waals surface area contributed by atoms with Gasteiger partial charge in [-0.05, 0) is 137 Å². The molecule has 0 spiro atoms. The molecule has 1 saturated carbocycles. The van der Waals surface area contributed by atoms with E-state index in [0.717, 1.165) is 51.6 Å². The summed E-state index contributed by atoms with van der Waals surface area (Å²) in [5, 5.41) is 11.0. The highest BCUT2D eigenvalue weighted by molar-refractivity contribution is 5.92. The zero-order valence-electron chi connectivity index (χ0n) is 67.3. The van der Waals surface area contributed by atoms with Crippen LogP contribution < -0.4 is 38.2 Å². The number of rotatable bonds is 31. The van der Waals surface area contributed by atoms with Crippen LogP contribution in [0.2, 0.25) is 0 Å². The predicted octanol–water partition coefficient (Wildman–Crippen LogP) is -1.63. The second-order valence-corrected chi connectivity index (χ2v) is 29.0. The highest BCUT2D eigenvalue weighted by Gasteiger charge is 2.53. The van der Waals surface area contributed by atoms with Crippen LogP contribution in [0.3, 0.4) is 0 Å². The normalized spacial score (nSPS) is 26.9. The van der Waals surface area contributed by atoms with Gasteiger partial charge in [-0.3, -0.25) is 86.8 Å². The Balaban J connectivity index is 0.000000170. The van der Waals surface area contributed by atoms with Crippen LogP contribution in [0.25, 0.3) is 0 Å². The number of fused-ring (bicyclic) bond motifs is 12. The Kier molecular flexibility index (Phi) is 35.3. The maximum Gasteiger partial charge on any atom is 0.345 e. The van der Waals surface area contributed by atoms with Crippen molar-refractivity contribution in [3.05, 3.63) is 0 Å². The molecule has 0 aromatic carbocycles. The molecule has 13 rings (SSSR count). The summed E-state index contributed by atoms with van der Waals surface area (Å²) in [6.07, 6.45) is 12.0. The average Bonchev–Trinajstić information content (AvgIpc) is 1.68. The van der Waals surface area contributed by atoms with E-state index in [1.54, 1.807) is 28.7 Å². The van der Waals surface area contributed by atoms with Gasteiger partial charge in [0.25, 0.3) is 35.4 Å². The number of nitrogens with zero attached hydrogens (tertiary/aromatic N) is 14. The van der Waals surface area contributed by atoms with E-state index in [4.69, 9.17) is 53.2 Å². The summed E-state index contributed by atoms with van der Waals surface area (Å²) in [4.78, 5) is 217. The molecule has 12 atom stereocenters. The fraction of sp³-hybridized carbons (Fsp3) is 0.824. The zero-order chi connectivity index (χ0) is 82.2. The number of hydroxylamine groups is 18. The van der Waals surface area contributed by atoms with Crippen LogP contribution in [-0.4, -0.2) is 390 Å². The smallest absolute Gasteiger partial charge is 0.317 e. The number of urea groups is 6. The molecule has 0 aromatic heterocycles. The van der Waals surface area contributed by atoms with Crippen LogP contribution in [0.5, 0.6) is 0 Å². The lowest BCUT2D eigenvalue weighted by atomic mass is 9.86.